The highest BCUT2D eigenvalue weighted by Gasteiger charge is 2.18. The predicted molar refractivity (Wildman–Crippen MR) is 61.2 cm³/mol. The quantitative estimate of drug-likeness (QED) is 0.800. The van der Waals surface area contributed by atoms with Crippen LogP contribution in [0.2, 0.25) is 0 Å². The van der Waals surface area contributed by atoms with Crippen molar-refractivity contribution in [2.45, 2.75) is 26.1 Å². The third-order valence-corrected chi connectivity index (χ3v) is 2.05. The minimum atomic E-state index is -0.870. The molecule has 1 heterocycles. The van der Waals surface area contributed by atoms with E-state index in [-0.39, 0.29) is 18.6 Å². The Hall–Kier alpha value is -1.40. The van der Waals surface area contributed by atoms with Crippen LogP contribution >= 0.6 is 0 Å². The Labute approximate surface area is 101 Å². The summed E-state index contributed by atoms with van der Waals surface area (Å²) in [5.41, 5.74) is 0.342. The lowest BCUT2D eigenvalue weighted by Crippen LogP contribution is -2.14. The summed E-state index contributed by atoms with van der Waals surface area (Å²) in [5, 5.41) is 9.90. The molecule has 0 aliphatic heterocycles. The molecule has 1 unspecified atom stereocenters. The summed E-state index contributed by atoms with van der Waals surface area (Å²) in [4.78, 5) is 8.09. The Kier molecular flexibility index (Phi) is 5.11. The van der Waals surface area contributed by atoms with Crippen molar-refractivity contribution in [3.63, 3.8) is 0 Å². The van der Waals surface area contributed by atoms with Gasteiger partial charge in [-0.25, -0.2) is 4.98 Å². The van der Waals surface area contributed by atoms with Crippen molar-refractivity contribution in [3.8, 4) is 11.8 Å². The second kappa shape index (κ2) is 6.36. The van der Waals surface area contributed by atoms with Gasteiger partial charge in [-0.2, -0.15) is 4.98 Å². The Balaban J connectivity index is 2.81. The Morgan fingerprint density at radius 3 is 2.53 bits per heavy atom. The SMILES string of the molecule is COc1cnc(C(O)COC(C)C)c(OC)n1. The maximum atomic E-state index is 9.90. The van der Waals surface area contributed by atoms with Gasteiger partial charge in [0.05, 0.1) is 33.1 Å². The zero-order valence-electron chi connectivity index (χ0n) is 10.5. The number of ether oxygens (including phenoxy) is 3. The minimum absolute atomic E-state index is 0.0434. The van der Waals surface area contributed by atoms with E-state index in [0.29, 0.717) is 11.6 Å². The first-order valence-electron chi connectivity index (χ1n) is 5.33. The maximum absolute atomic E-state index is 9.90. The van der Waals surface area contributed by atoms with Crippen molar-refractivity contribution in [2.24, 2.45) is 0 Å². The molecule has 0 aliphatic rings. The van der Waals surface area contributed by atoms with Crippen LogP contribution in [0.3, 0.4) is 0 Å². The first kappa shape index (κ1) is 13.7. The Bertz CT molecular complexity index is 357. The molecule has 6 nitrogen and oxygen atoms in total. The number of aliphatic hydroxyl groups excluding tert-OH is 1. The van der Waals surface area contributed by atoms with Gasteiger partial charge in [-0.3, -0.25) is 0 Å². The molecule has 1 atom stereocenters. The fraction of sp³-hybridized carbons (Fsp3) is 0.636. The Morgan fingerprint density at radius 2 is 2.00 bits per heavy atom. The normalized spacial score (nSPS) is 12.6. The molecule has 0 bridgehead atoms. The molecule has 1 rings (SSSR count). The first-order valence-corrected chi connectivity index (χ1v) is 5.33. The maximum Gasteiger partial charge on any atom is 0.241 e. The first-order chi connectivity index (χ1) is 8.08. The van der Waals surface area contributed by atoms with E-state index in [2.05, 4.69) is 9.97 Å². The van der Waals surface area contributed by atoms with Crippen LogP contribution in [0.25, 0.3) is 0 Å². The molecule has 1 N–H and O–H groups in total. The van der Waals surface area contributed by atoms with E-state index in [9.17, 15) is 5.11 Å². The van der Waals surface area contributed by atoms with Gasteiger partial charge >= 0.3 is 0 Å². The van der Waals surface area contributed by atoms with Crippen LogP contribution in [0.1, 0.15) is 25.6 Å². The lowest BCUT2D eigenvalue weighted by Gasteiger charge is -2.15. The fourth-order valence-electron chi connectivity index (χ4n) is 1.21. The zero-order valence-corrected chi connectivity index (χ0v) is 10.5. The Morgan fingerprint density at radius 1 is 1.29 bits per heavy atom. The van der Waals surface area contributed by atoms with E-state index >= 15 is 0 Å². The zero-order chi connectivity index (χ0) is 12.8. The molecule has 0 saturated carbocycles. The van der Waals surface area contributed by atoms with Crippen LogP contribution in [-0.4, -0.2) is 42.0 Å². The van der Waals surface area contributed by atoms with Crippen LogP contribution < -0.4 is 9.47 Å². The number of methoxy groups -OCH3 is 2. The molecule has 1 aromatic rings. The van der Waals surface area contributed by atoms with E-state index in [1.54, 1.807) is 0 Å². The van der Waals surface area contributed by atoms with Gasteiger partial charge in [0, 0.05) is 0 Å². The van der Waals surface area contributed by atoms with Crippen molar-refractivity contribution >= 4 is 0 Å². The largest absolute Gasteiger partial charge is 0.480 e. The molecule has 96 valence electrons. The van der Waals surface area contributed by atoms with Gasteiger partial charge in [-0.15, -0.1) is 0 Å². The van der Waals surface area contributed by atoms with Gasteiger partial charge in [0.25, 0.3) is 0 Å². The molecular weight excluding hydrogens is 224 g/mol. The summed E-state index contributed by atoms with van der Waals surface area (Å²) in [6, 6.07) is 0. The molecule has 0 radical (unpaired) electrons. The molecule has 0 spiro atoms. The highest BCUT2D eigenvalue weighted by Crippen LogP contribution is 2.23. The van der Waals surface area contributed by atoms with E-state index in [4.69, 9.17) is 14.2 Å². The van der Waals surface area contributed by atoms with Crippen LogP contribution in [0.4, 0.5) is 0 Å². The third kappa shape index (κ3) is 3.83. The highest BCUT2D eigenvalue weighted by molar-refractivity contribution is 5.24. The summed E-state index contributed by atoms with van der Waals surface area (Å²) >= 11 is 0. The monoisotopic (exact) mass is 242 g/mol. The lowest BCUT2D eigenvalue weighted by atomic mass is 10.2. The standard InChI is InChI=1S/C11H18N2O4/c1-7(2)17-6-8(14)10-11(16-4)13-9(15-3)5-12-10/h5,7-8,14H,6H2,1-4H3. The van der Waals surface area contributed by atoms with Gasteiger partial charge in [0.1, 0.15) is 11.8 Å². The van der Waals surface area contributed by atoms with Crippen molar-refractivity contribution in [1.29, 1.82) is 0 Å². The number of aromatic nitrogens is 2. The summed E-state index contributed by atoms with van der Waals surface area (Å²) < 4.78 is 15.3. The fourth-order valence-corrected chi connectivity index (χ4v) is 1.21. The van der Waals surface area contributed by atoms with Crippen LogP contribution in [-0.2, 0) is 4.74 Å². The number of aliphatic hydroxyl groups is 1. The molecule has 17 heavy (non-hydrogen) atoms. The predicted octanol–water partition coefficient (Wildman–Crippen LogP) is 0.952. The molecule has 6 heteroatoms. The summed E-state index contributed by atoms with van der Waals surface area (Å²) in [6.45, 7) is 3.93. The van der Waals surface area contributed by atoms with Crippen molar-refractivity contribution in [3.05, 3.63) is 11.9 Å². The molecule has 0 aliphatic carbocycles. The molecular formula is C11H18N2O4. The smallest absolute Gasteiger partial charge is 0.241 e. The number of rotatable bonds is 6. The van der Waals surface area contributed by atoms with E-state index in [1.165, 1.54) is 20.4 Å². The molecule has 0 fully saturated rings. The lowest BCUT2D eigenvalue weighted by molar-refractivity contribution is 0.00202. The van der Waals surface area contributed by atoms with E-state index in [1.807, 2.05) is 13.8 Å². The van der Waals surface area contributed by atoms with Crippen LogP contribution in [0.15, 0.2) is 6.20 Å². The van der Waals surface area contributed by atoms with Gasteiger partial charge in [0.2, 0.25) is 11.8 Å². The molecule has 0 amide bonds. The minimum Gasteiger partial charge on any atom is -0.480 e. The number of nitrogens with zero attached hydrogens (tertiary/aromatic N) is 2. The van der Waals surface area contributed by atoms with Crippen molar-refractivity contribution in [2.75, 3.05) is 20.8 Å². The van der Waals surface area contributed by atoms with Gasteiger partial charge in [-0.1, -0.05) is 0 Å². The average molecular weight is 242 g/mol. The third-order valence-electron chi connectivity index (χ3n) is 2.05. The summed E-state index contributed by atoms with van der Waals surface area (Å²) in [7, 11) is 2.95. The number of hydrogen-bond donors (Lipinski definition) is 1. The highest BCUT2D eigenvalue weighted by atomic mass is 16.5. The summed E-state index contributed by atoms with van der Waals surface area (Å²) in [5.74, 6) is 0.576. The van der Waals surface area contributed by atoms with E-state index < -0.39 is 6.10 Å². The van der Waals surface area contributed by atoms with Crippen molar-refractivity contribution in [1.82, 2.24) is 9.97 Å². The van der Waals surface area contributed by atoms with Crippen LogP contribution in [0.5, 0.6) is 11.8 Å². The second-order valence-electron chi connectivity index (χ2n) is 3.70. The average Bonchev–Trinajstić information content (AvgIpc) is 2.34. The molecule has 1 aromatic heterocycles. The van der Waals surface area contributed by atoms with Crippen LogP contribution in [0, 0.1) is 0 Å². The molecule has 0 saturated heterocycles. The summed E-state index contributed by atoms with van der Waals surface area (Å²) in [6.07, 6.45) is 0.601. The van der Waals surface area contributed by atoms with Gasteiger partial charge in [-0.05, 0) is 13.8 Å². The van der Waals surface area contributed by atoms with Crippen molar-refractivity contribution < 1.29 is 19.3 Å². The molecule has 0 aromatic carbocycles. The van der Waals surface area contributed by atoms with E-state index in [0.717, 1.165) is 0 Å². The second-order valence-corrected chi connectivity index (χ2v) is 3.70. The topological polar surface area (TPSA) is 73.7 Å². The van der Waals surface area contributed by atoms with Gasteiger partial charge in [0.15, 0.2) is 0 Å². The van der Waals surface area contributed by atoms with Gasteiger partial charge < -0.3 is 19.3 Å². The number of hydrogen-bond acceptors (Lipinski definition) is 6.